The van der Waals surface area contributed by atoms with Crippen LogP contribution in [0.4, 0.5) is 0 Å². The van der Waals surface area contributed by atoms with Crippen molar-refractivity contribution in [2.24, 2.45) is 16.7 Å². The molecule has 1 saturated carbocycles. The molecular weight excluding hydrogens is 330 g/mol. The average molecular weight is 376 g/mol. The number of rotatable bonds is 2. The zero-order valence-corrected chi connectivity index (χ0v) is 19.1. The predicted octanol–water partition coefficient (Wildman–Crippen LogP) is 4.47. The van der Waals surface area contributed by atoms with Gasteiger partial charge in [-0.1, -0.05) is 20.8 Å². The first kappa shape index (κ1) is 20.2. The average Bonchev–Trinajstić information content (AvgIpc) is 2.50. The van der Waals surface area contributed by atoms with E-state index in [1.165, 1.54) is 77.8 Å². The van der Waals surface area contributed by atoms with E-state index in [1.54, 1.807) is 0 Å². The highest BCUT2D eigenvalue weighted by atomic mass is 15.3. The molecule has 3 nitrogen and oxygen atoms in total. The van der Waals surface area contributed by atoms with Crippen molar-refractivity contribution in [3.8, 4) is 0 Å². The summed E-state index contributed by atoms with van der Waals surface area (Å²) in [6.07, 6.45) is 8.69. The van der Waals surface area contributed by atoms with Gasteiger partial charge in [-0.3, -0.25) is 14.7 Å². The first-order chi connectivity index (χ1) is 12.6. The maximum absolute atomic E-state index is 2.85. The highest BCUT2D eigenvalue weighted by molar-refractivity contribution is 5.03. The zero-order chi connectivity index (χ0) is 19.4. The highest BCUT2D eigenvalue weighted by Gasteiger charge is 2.49. The van der Waals surface area contributed by atoms with E-state index in [0.717, 1.165) is 18.0 Å². The lowest BCUT2D eigenvalue weighted by molar-refractivity contribution is -0.0955. The SMILES string of the molecule is CC(C)(C)C1CN(C2CCC3(CC2)CN(C2CCN(C(C)(C)C)CC2)C3)C1. The van der Waals surface area contributed by atoms with Gasteiger partial charge in [0.15, 0.2) is 0 Å². The van der Waals surface area contributed by atoms with Crippen molar-refractivity contribution in [2.45, 2.75) is 97.7 Å². The second-order valence-electron chi connectivity index (χ2n) is 12.5. The van der Waals surface area contributed by atoms with Gasteiger partial charge >= 0.3 is 0 Å². The molecule has 0 bridgehead atoms. The lowest BCUT2D eigenvalue weighted by Crippen LogP contribution is -2.64. The standard InChI is InChI=1S/C24H45N3/c1-22(2,3)19-15-25(16-19)20-7-11-24(12-8-20)17-26(18-24)21-9-13-27(14-10-21)23(4,5)6/h19-21H,7-18H2,1-6H3. The smallest absolute Gasteiger partial charge is 0.0125 e. The molecule has 0 unspecified atom stereocenters. The van der Waals surface area contributed by atoms with Gasteiger partial charge in [0, 0.05) is 56.9 Å². The number of hydrogen-bond acceptors (Lipinski definition) is 3. The molecule has 0 aromatic carbocycles. The van der Waals surface area contributed by atoms with Crippen LogP contribution < -0.4 is 0 Å². The lowest BCUT2D eigenvalue weighted by atomic mass is 9.65. The maximum atomic E-state index is 2.85. The van der Waals surface area contributed by atoms with Crippen molar-refractivity contribution in [1.29, 1.82) is 0 Å². The quantitative estimate of drug-likeness (QED) is 0.705. The van der Waals surface area contributed by atoms with Crippen LogP contribution in [0.15, 0.2) is 0 Å². The molecule has 0 aromatic heterocycles. The topological polar surface area (TPSA) is 9.72 Å². The Balaban J connectivity index is 1.18. The molecule has 0 aromatic rings. The third-order valence-corrected chi connectivity index (χ3v) is 8.67. The minimum Gasteiger partial charge on any atom is -0.300 e. The van der Waals surface area contributed by atoms with Gasteiger partial charge in [-0.2, -0.15) is 0 Å². The van der Waals surface area contributed by atoms with Crippen LogP contribution in [0, 0.1) is 16.7 Å². The van der Waals surface area contributed by atoms with Gasteiger partial charge in [0.2, 0.25) is 0 Å². The summed E-state index contributed by atoms with van der Waals surface area (Å²) in [5.74, 6) is 0.923. The van der Waals surface area contributed by atoms with Gasteiger partial charge in [-0.15, -0.1) is 0 Å². The Labute approximate surface area is 168 Å². The van der Waals surface area contributed by atoms with Crippen LogP contribution in [0.5, 0.6) is 0 Å². The third kappa shape index (κ3) is 4.12. The molecule has 0 N–H and O–H groups in total. The van der Waals surface area contributed by atoms with Gasteiger partial charge in [0.25, 0.3) is 0 Å². The Hall–Kier alpha value is -0.120. The van der Waals surface area contributed by atoms with E-state index in [1.807, 2.05) is 0 Å². The fourth-order valence-corrected chi connectivity index (χ4v) is 6.23. The molecule has 3 heteroatoms. The molecule has 0 atom stereocenters. The van der Waals surface area contributed by atoms with E-state index < -0.39 is 0 Å². The van der Waals surface area contributed by atoms with Crippen LogP contribution in [0.2, 0.25) is 0 Å². The summed E-state index contributed by atoms with van der Waals surface area (Å²) in [6, 6.07) is 1.77. The molecular formula is C24H45N3. The second-order valence-corrected chi connectivity index (χ2v) is 12.5. The van der Waals surface area contributed by atoms with E-state index >= 15 is 0 Å². The largest absolute Gasteiger partial charge is 0.300 e. The molecule has 1 spiro atoms. The molecule has 156 valence electrons. The maximum Gasteiger partial charge on any atom is 0.0125 e. The second kappa shape index (κ2) is 6.99. The Kier molecular flexibility index (Phi) is 5.22. The van der Waals surface area contributed by atoms with Crippen LogP contribution in [0.3, 0.4) is 0 Å². The normalized spacial score (nSPS) is 30.4. The summed E-state index contributed by atoms with van der Waals surface area (Å²) in [4.78, 5) is 8.34. The van der Waals surface area contributed by atoms with Crippen LogP contribution in [0.1, 0.15) is 80.1 Å². The van der Waals surface area contributed by atoms with Gasteiger partial charge in [0.1, 0.15) is 0 Å². The summed E-state index contributed by atoms with van der Waals surface area (Å²) in [5.41, 5.74) is 1.55. The summed E-state index contributed by atoms with van der Waals surface area (Å²) >= 11 is 0. The van der Waals surface area contributed by atoms with Gasteiger partial charge in [0.05, 0.1) is 0 Å². The van der Waals surface area contributed by atoms with Crippen LogP contribution >= 0.6 is 0 Å². The summed E-state index contributed by atoms with van der Waals surface area (Å²) in [7, 11) is 0. The molecule has 3 heterocycles. The summed E-state index contributed by atoms with van der Waals surface area (Å²) in [5, 5.41) is 0. The molecule has 4 fully saturated rings. The zero-order valence-electron chi connectivity index (χ0n) is 19.1. The fraction of sp³-hybridized carbons (Fsp3) is 1.00. The molecule has 4 rings (SSSR count). The molecule has 4 aliphatic rings. The van der Waals surface area contributed by atoms with E-state index in [9.17, 15) is 0 Å². The monoisotopic (exact) mass is 375 g/mol. The number of likely N-dealkylation sites (tertiary alicyclic amines) is 3. The van der Waals surface area contributed by atoms with Crippen LogP contribution in [-0.2, 0) is 0 Å². The van der Waals surface area contributed by atoms with E-state index in [2.05, 4.69) is 56.2 Å². The lowest BCUT2D eigenvalue weighted by Gasteiger charge is -2.59. The molecule has 1 aliphatic carbocycles. The minimum absolute atomic E-state index is 0.350. The minimum atomic E-state index is 0.350. The number of piperidine rings is 1. The first-order valence-electron chi connectivity index (χ1n) is 11.8. The van der Waals surface area contributed by atoms with E-state index in [4.69, 9.17) is 0 Å². The van der Waals surface area contributed by atoms with Gasteiger partial charge in [-0.25, -0.2) is 0 Å². The number of hydrogen-bond donors (Lipinski definition) is 0. The van der Waals surface area contributed by atoms with Crippen molar-refractivity contribution < 1.29 is 0 Å². The predicted molar refractivity (Wildman–Crippen MR) is 115 cm³/mol. The Morgan fingerprint density at radius 1 is 0.704 bits per heavy atom. The number of nitrogens with zero attached hydrogens (tertiary/aromatic N) is 3. The Morgan fingerprint density at radius 3 is 1.70 bits per heavy atom. The first-order valence-corrected chi connectivity index (χ1v) is 11.8. The Bertz CT molecular complexity index is 499. The van der Waals surface area contributed by atoms with Crippen molar-refractivity contribution in [3.05, 3.63) is 0 Å². The summed E-state index contributed by atoms with van der Waals surface area (Å²) < 4.78 is 0. The van der Waals surface area contributed by atoms with Gasteiger partial charge < -0.3 is 0 Å². The van der Waals surface area contributed by atoms with Crippen molar-refractivity contribution in [3.63, 3.8) is 0 Å². The van der Waals surface area contributed by atoms with Crippen LogP contribution in [0.25, 0.3) is 0 Å². The van der Waals surface area contributed by atoms with Crippen LogP contribution in [-0.4, -0.2) is 71.6 Å². The third-order valence-electron chi connectivity index (χ3n) is 8.67. The molecule has 27 heavy (non-hydrogen) atoms. The molecule has 0 radical (unpaired) electrons. The van der Waals surface area contributed by atoms with Crippen molar-refractivity contribution >= 4 is 0 Å². The van der Waals surface area contributed by atoms with Crippen molar-refractivity contribution in [1.82, 2.24) is 14.7 Å². The summed E-state index contributed by atoms with van der Waals surface area (Å²) in [6.45, 7) is 22.5. The van der Waals surface area contributed by atoms with Crippen molar-refractivity contribution in [2.75, 3.05) is 39.3 Å². The van der Waals surface area contributed by atoms with E-state index in [-0.39, 0.29) is 0 Å². The molecule has 0 amide bonds. The van der Waals surface area contributed by atoms with E-state index in [0.29, 0.717) is 16.4 Å². The fourth-order valence-electron chi connectivity index (χ4n) is 6.23. The molecule has 3 aliphatic heterocycles. The highest BCUT2D eigenvalue weighted by Crippen LogP contribution is 2.48. The van der Waals surface area contributed by atoms with Gasteiger partial charge in [-0.05, 0) is 76.0 Å². The molecule has 3 saturated heterocycles. The Morgan fingerprint density at radius 2 is 1.22 bits per heavy atom.